The van der Waals surface area contributed by atoms with Crippen LogP contribution in [0.15, 0.2) is 48.5 Å². The third-order valence-electron chi connectivity index (χ3n) is 3.25. The summed E-state index contributed by atoms with van der Waals surface area (Å²) in [5.74, 6) is -0.500. The molecule has 0 saturated carbocycles. The maximum absolute atomic E-state index is 12.6. The highest BCUT2D eigenvalue weighted by Crippen LogP contribution is 2.26. The zero-order valence-electron chi connectivity index (χ0n) is 13.1. The van der Waals surface area contributed by atoms with Gasteiger partial charge in [0.2, 0.25) is 5.91 Å². The number of hydrogen-bond donors (Lipinski definition) is 2. The van der Waals surface area contributed by atoms with E-state index < -0.39 is 0 Å². The molecular formula is C17H13ClN4O2S. The predicted octanol–water partition coefficient (Wildman–Crippen LogP) is 4.07. The van der Waals surface area contributed by atoms with Crippen LogP contribution in [0, 0.1) is 0 Å². The van der Waals surface area contributed by atoms with Gasteiger partial charge in [0.1, 0.15) is 10.6 Å². The van der Waals surface area contributed by atoms with Gasteiger partial charge < -0.3 is 10.6 Å². The second kappa shape index (κ2) is 7.42. The van der Waals surface area contributed by atoms with Crippen LogP contribution in [0.2, 0.25) is 5.02 Å². The van der Waals surface area contributed by atoms with E-state index in [2.05, 4.69) is 20.2 Å². The van der Waals surface area contributed by atoms with E-state index in [1.54, 1.807) is 48.5 Å². The Morgan fingerprint density at radius 2 is 1.72 bits per heavy atom. The number of carbonyl (C=O) groups excluding carboxylic acids is 2. The van der Waals surface area contributed by atoms with E-state index in [-0.39, 0.29) is 11.8 Å². The van der Waals surface area contributed by atoms with Crippen LogP contribution in [0.5, 0.6) is 0 Å². The lowest BCUT2D eigenvalue weighted by atomic mass is 10.1. The molecule has 0 unspecified atom stereocenters. The topological polar surface area (TPSA) is 84.0 Å². The average Bonchev–Trinajstić information content (AvgIpc) is 3.05. The summed E-state index contributed by atoms with van der Waals surface area (Å²) in [6, 6.07) is 13.9. The normalized spacial score (nSPS) is 10.3. The maximum atomic E-state index is 12.6. The average molecular weight is 373 g/mol. The van der Waals surface area contributed by atoms with Crippen LogP contribution in [0.3, 0.4) is 0 Å². The lowest BCUT2D eigenvalue weighted by Crippen LogP contribution is -2.12. The zero-order chi connectivity index (χ0) is 17.8. The van der Waals surface area contributed by atoms with E-state index in [0.717, 1.165) is 17.1 Å². The minimum absolute atomic E-state index is 0.180. The molecule has 25 heavy (non-hydrogen) atoms. The van der Waals surface area contributed by atoms with E-state index >= 15 is 0 Å². The Morgan fingerprint density at radius 3 is 2.40 bits per heavy atom. The first kappa shape index (κ1) is 17.1. The fourth-order valence-corrected chi connectivity index (χ4v) is 2.91. The van der Waals surface area contributed by atoms with Crippen molar-refractivity contribution in [2.24, 2.45) is 0 Å². The lowest BCUT2D eigenvalue weighted by molar-refractivity contribution is -0.114. The van der Waals surface area contributed by atoms with Crippen LogP contribution >= 0.6 is 23.1 Å². The number of benzene rings is 2. The molecule has 3 rings (SSSR count). The molecule has 1 aromatic heterocycles. The number of hydrogen-bond acceptors (Lipinski definition) is 5. The van der Waals surface area contributed by atoms with Crippen molar-refractivity contribution in [1.29, 1.82) is 0 Å². The van der Waals surface area contributed by atoms with Crippen LogP contribution in [0.1, 0.15) is 16.6 Å². The van der Waals surface area contributed by atoms with Crippen molar-refractivity contribution in [3.63, 3.8) is 0 Å². The van der Waals surface area contributed by atoms with Gasteiger partial charge in [-0.25, -0.2) is 0 Å². The minimum atomic E-state index is -0.320. The van der Waals surface area contributed by atoms with Crippen LogP contribution in [0.4, 0.5) is 11.4 Å². The van der Waals surface area contributed by atoms with Crippen molar-refractivity contribution in [1.82, 2.24) is 9.59 Å². The van der Waals surface area contributed by atoms with Crippen molar-refractivity contribution < 1.29 is 9.59 Å². The van der Waals surface area contributed by atoms with Crippen molar-refractivity contribution >= 4 is 46.3 Å². The SMILES string of the molecule is CC(=O)Nc1cccc(NC(=O)c2snnc2-c2ccc(Cl)cc2)c1. The summed E-state index contributed by atoms with van der Waals surface area (Å²) >= 11 is 6.91. The highest BCUT2D eigenvalue weighted by Gasteiger charge is 2.18. The molecule has 2 aromatic carbocycles. The van der Waals surface area contributed by atoms with Crippen molar-refractivity contribution in [3.8, 4) is 11.3 Å². The second-order valence-electron chi connectivity index (χ2n) is 5.17. The van der Waals surface area contributed by atoms with Gasteiger partial charge in [-0.2, -0.15) is 0 Å². The second-order valence-corrected chi connectivity index (χ2v) is 6.36. The molecule has 2 amide bonds. The number of amides is 2. The zero-order valence-corrected chi connectivity index (χ0v) is 14.7. The van der Waals surface area contributed by atoms with E-state index in [1.165, 1.54) is 6.92 Å². The molecule has 2 N–H and O–H groups in total. The standard InChI is InChI=1S/C17H13ClN4O2S/c1-10(23)19-13-3-2-4-14(9-13)20-17(24)16-15(21-22-25-16)11-5-7-12(18)8-6-11/h2-9H,1H3,(H,19,23)(H,20,24). The Morgan fingerprint density at radius 1 is 1.04 bits per heavy atom. The predicted molar refractivity (Wildman–Crippen MR) is 99.1 cm³/mol. The Hall–Kier alpha value is -2.77. The largest absolute Gasteiger partial charge is 0.326 e. The number of aromatic nitrogens is 2. The third-order valence-corrected chi connectivity index (χ3v) is 4.23. The molecule has 1 heterocycles. The first-order valence-electron chi connectivity index (χ1n) is 7.30. The number of nitrogens with one attached hydrogen (secondary N) is 2. The summed E-state index contributed by atoms with van der Waals surface area (Å²) in [5, 5.41) is 10.1. The van der Waals surface area contributed by atoms with E-state index in [0.29, 0.717) is 27.0 Å². The molecule has 6 nitrogen and oxygen atoms in total. The van der Waals surface area contributed by atoms with Gasteiger partial charge >= 0.3 is 0 Å². The Bertz CT molecular complexity index is 924. The molecule has 0 saturated heterocycles. The number of nitrogens with zero attached hydrogens (tertiary/aromatic N) is 2. The molecule has 0 aliphatic carbocycles. The molecule has 0 atom stereocenters. The summed E-state index contributed by atoms with van der Waals surface area (Å²) in [5.41, 5.74) is 2.42. The summed E-state index contributed by atoms with van der Waals surface area (Å²) in [6.45, 7) is 1.42. The van der Waals surface area contributed by atoms with Crippen LogP contribution in [-0.2, 0) is 4.79 Å². The number of anilines is 2. The van der Waals surface area contributed by atoms with Gasteiger partial charge in [-0.1, -0.05) is 34.3 Å². The quantitative estimate of drug-likeness (QED) is 0.723. The molecule has 126 valence electrons. The fourth-order valence-electron chi connectivity index (χ4n) is 2.20. The molecule has 3 aromatic rings. The molecule has 0 radical (unpaired) electrons. The summed E-state index contributed by atoms with van der Waals surface area (Å²) in [4.78, 5) is 24.1. The monoisotopic (exact) mass is 372 g/mol. The summed E-state index contributed by atoms with van der Waals surface area (Å²) in [7, 11) is 0. The molecule has 0 aliphatic heterocycles. The van der Waals surface area contributed by atoms with Gasteiger partial charge in [0.15, 0.2) is 0 Å². The number of carbonyl (C=O) groups is 2. The Kier molecular flexibility index (Phi) is 5.06. The lowest BCUT2D eigenvalue weighted by Gasteiger charge is -2.07. The molecular weight excluding hydrogens is 360 g/mol. The Balaban J connectivity index is 1.82. The van der Waals surface area contributed by atoms with E-state index in [9.17, 15) is 9.59 Å². The van der Waals surface area contributed by atoms with Gasteiger partial charge in [0.05, 0.1) is 0 Å². The van der Waals surface area contributed by atoms with Crippen molar-refractivity contribution in [2.45, 2.75) is 6.92 Å². The molecule has 8 heteroatoms. The summed E-state index contributed by atoms with van der Waals surface area (Å²) in [6.07, 6.45) is 0. The molecule has 0 fully saturated rings. The molecule has 0 spiro atoms. The van der Waals surface area contributed by atoms with Gasteiger partial charge in [0.25, 0.3) is 5.91 Å². The maximum Gasteiger partial charge on any atom is 0.269 e. The summed E-state index contributed by atoms with van der Waals surface area (Å²) < 4.78 is 3.88. The first-order chi connectivity index (χ1) is 12.0. The fraction of sp³-hybridized carbons (Fsp3) is 0.0588. The smallest absolute Gasteiger partial charge is 0.269 e. The number of halogens is 1. The third kappa shape index (κ3) is 4.20. The number of rotatable bonds is 4. The van der Waals surface area contributed by atoms with Crippen molar-refractivity contribution in [2.75, 3.05) is 10.6 Å². The van der Waals surface area contributed by atoms with Crippen LogP contribution < -0.4 is 10.6 Å². The highest BCUT2D eigenvalue weighted by molar-refractivity contribution is 7.08. The molecule has 0 aliphatic rings. The molecule has 0 bridgehead atoms. The first-order valence-corrected chi connectivity index (χ1v) is 8.45. The van der Waals surface area contributed by atoms with Crippen LogP contribution in [0.25, 0.3) is 11.3 Å². The van der Waals surface area contributed by atoms with E-state index in [1.807, 2.05) is 0 Å². The van der Waals surface area contributed by atoms with Gasteiger partial charge in [-0.3, -0.25) is 9.59 Å². The van der Waals surface area contributed by atoms with Crippen molar-refractivity contribution in [3.05, 3.63) is 58.4 Å². The minimum Gasteiger partial charge on any atom is -0.326 e. The van der Waals surface area contributed by atoms with Gasteiger partial charge in [-0.15, -0.1) is 5.10 Å². The highest BCUT2D eigenvalue weighted by atomic mass is 35.5. The van der Waals surface area contributed by atoms with Crippen LogP contribution in [-0.4, -0.2) is 21.4 Å². The van der Waals surface area contributed by atoms with Gasteiger partial charge in [-0.05, 0) is 41.9 Å². The van der Waals surface area contributed by atoms with E-state index in [4.69, 9.17) is 11.6 Å². The Labute approximate surface area is 153 Å². The van der Waals surface area contributed by atoms with Gasteiger partial charge in [0, 0.05) is 28.9 Å².